The minimum absolute atomic E-state index is 0.111. The molecule has 0 aliphatic carbocycles. The highest BCUT2D eigenvalue weighted by atomic mass is 35.5. The molecule has 0 atom stereocenters. The number of nitrogen functional groups attached to an aromatic ring is 1. The Morgan fingerprint density at radius 1 is 1.33 bits per heavy atom. The molecule has 94 valence electrons. The normalized spacial score (nSPS) is 10.4. The lowest BCUT2D eigenvalue weighted by Gasteiger charge is -2.20. The number of benzene rings is 1. The molecule has 0 fully saturated rings. The fraction of sp³-hybridized carbons (Fsp3) is 0.167. The summed E-state index contributed by atoms with van der Waals surface area (Å²) in [5.74, 6) is 0.132. The van der Waals surface area contributed by atoms with Crippen molar-refractivity contribution in [3.63, 3.8) is 0 Å². The largest absolute Gasteiger partial charge is 0.394 e. The van der Waals surface area contributed by atoms with Gasteiger partial charge in [0.1, 0.15) is 5.82 Å². The molecule has 2 aromatic rings. The topological polar surface area (TPSA) is 55.0 Å². The number of hydrogen-bond acceptors (Lipinski definition) is 4. The molecule has 0 unspecified atom stereocenters. The second kappa shape index (κ2) is 4.78. The first kappa shape index (κ1) is 12.6. The van der Waals surface area contributed by atoms with Gasteiger partial charge in [-0.2, -0.15) is 4.98 Å². The summed E-state index contributed by atoms with van der Waals surface area (Å²) in [6.07, 6.45) is 0. The van der Waals surface area contributed by atoms with Crippen LogP contribution in [-0.4, -0.2) is 17.0 Å². The van der Waals surface area contributed by atoms with E-state index in [1.807, 2.05) is 0 Å². The molecule has 0 spiro atoms. The van der Waals surface area contributed by atoms with Crippen LogP contribution < -0.4 is 10.6 Å². The van der Waals surface area contributed by atoms with Gasteiger partial charge in [-0.05, 0) is 36.7 Å². The van der Waals surface area contributed by atoms with Crippen LogP contribution in [0.5, 0.6) is 0 Å². The minimum Gasteiger partial charge on any atom is -0.394 e. The van der Waals surface area contributed by atoms with E-state index in [-0.39, 0.29) is 11.1 Å². The fourth-order valence-electron chi connectivity index (χ4n) is 1.60. The molecule has 0 saturated carbocycles. The molecular weight excluding hydrogens is 255 g/mol. The summed E-state index contributed by atoms with van der Waals surface area (Å²) in [5.41, 5.74) is 7.56. The number of aryl methyl sites for hydroxylation is 1. The highest BCUT2D eigenvalue weighted by Gasteiger charge is 2.13. The van der Waals surface area contributed by atoms with Gasteiger partial charge in [-0.3, -0.25) is 0 Å². The van der Waals surface area contributed by atoms with Crippen LogP contribution >= 0.6 is 11.6 Å². The van der Waals surface area contributed by atoms with E-state index in [4.69, 9.17) is 17.3 Å². The molecular formula is C12H12ClFN4. The van der Waals surface area contributed by atoms with Gasteiger partial charge in [0.15, 0.2) is 5.82 Å². The van der Waals surface area contributed by atoms with Gasteiger partial charge in [-0.15, -0.1) is 0 Å². The molecule has 4 nitrogen and oxygen atoms in total. The smallest absolute Gasteiger partial charge is 0.224 e. The van der Waals surface area contributed by atoms with Gasteiger partial charge in [-0.25, -0.2) is 9.37 Å². The Bertz CT molecular complexity index is 588. The summed E-state index contributed by atoms with van der Waals surface area (Å²) in [5, 5.41) is 0.111. The summed E-state index contributed by atoms with van der Waals surface area (Å²) < 4.78 is 13.2. The Labute approximate surface area is 109 Å². The van der Waals surface area contributed by atoms with Crippen molar-refractivity contribution in [3.8, 4) is 0 Å². The lowest BCUT2D eigenvalue weighted by molar-refractivity contribution is 0.628. The Kier molecular flexibility index (Phi) is 3.34. The lowest BCUT2D eigenvalue weighted by Crippen LogP contribution is -2.15. The van der Waals surface area contributed by atoms with Gasteiger partial charge < -0.3 is 10.6 Å². The van der Waals surface area contributed by atoms with Crippen LogP contribution in [0.2, 0.25) is 5.28 Å². The van der Waals surface area contributed by atoms with Crippen LogP contribution in [0, 0.1) is 12.7 Å². The highest BCUT2D eigenvalue weighted by molar-refractivity contribution is 6.28. The van der Waals surface area contributed by atoms with Crippen molar-refractivity contribution in [1.29, 1.82) is 0 Å². The van der Waals surface area contributed by atoms with E-state index in [0.717, 1.165) is 0 Å². The zero-order valence-corrected chi connectivity index (χ0v) is 10.7. The van der Waals surface area contributed by atoms with Crippen molar-refractivity contribution in [2.45, 2.75) is 6.92 Å². The molecule has 0 radical (unpaired) electrons. The second-order valence-corrected chi connectivity index (χ2v) is 4.19. The van der Waals surface area contributed by atoms with Crippen molar-refractivity contribution < 1.29 is 4.39 Å². The Morgan fingerprint density at radius 3 is 2.72 bits per heavy atom. The van der Waals surface area contributed by atoms with Gasteiger partial charge in [0.25, 0.3) is 0 Å². The summed E-state index contributed by atoms with van der Waals surface area (Å²) in [6.45, 7) is 1.74. The van der Waals surface area contributed by atoms with Gasteiger partial charge in [0.05, 0.1) is 11.4 Å². The molecule has 2 N–H and O–H groups in total. The number of anilines is 3. The minimum atomic E-state index is -0.324. The van der Waals surface area contributed by atoms with Gasteiger partial charge in [-0.1, -0.05) is 6.07 Å². The standard InChI is InChI=1S/C12H12ClFN4/c1-7-10(15)11(17-12(13)16-7)18(2)9-5-3-4-8(14)6-9/h3-6H,15H2,1-2H3. The molecule has 1 heterocycles. The molecule has 1 aromatic carbocycles. The van der Waals surface area contributed by atoms with Gasteiger partial charge in [0, 0.05) is 12.7 Å². The average Bonchev–Trinajstić information content (AvgIpc) is 2.33. The summed E-state index contributed by atoms with van der Waals surface area (Å²) in [4.78, 5) is 9.69. The highest BCUT2D eigenvalue weighted by Crippen LogP contribution is 2.29. The molecule has 1 aromatic heterocycles. The monoisotopic (exact) mass is 266 g/mol. The lowest BCUT2D eigenvalue weighted by atomic mass is 10.2. The molecule has 0 bridgehead atoms. The third-order valence-corrected chi connectivity index (χ3v) is 2.77. The van der Waals surface area contributed by atoms with Crippen LogP contribution in [0.25, 0.3) is 0 Å². The van der Waals surface area contributed by atoms with Crippen LogP contribution in [0.3, 0.4) is 0 Å². The summed E-state index contributed by atoms with van der Waals surface area (Å²) >= 11 is 5.81. The number of nitrogens with two attached hydrogens (primary N) is 1. The Morgan fingerprint density at radius 2 is 2.06 bits per heavy atom. The molecule has 2 rings (SSSR count). The fourth-order valence-corrected chi connectivity index (χ4v) is 1.80. The SMILES string of the molecule is Cc1nc(Cl)nc(N(C)c2cccc(F)c2)c1N. The zero-order valence-electron chi connectivity index (χ0n) is 9.98. The number of aromatic nitrogens is 2. The quantitative estimate of drug-likeness (QED) is 0.849. The Hall–Kier alpha value is -1.88. The first-order valence-corrected chi connectivity index (χ1v) is 5.65. The van der Waals surface area contributed by atoms with E-state index in [2.05, 4.69) is 9.97 Å². The summed E-state index contributed by atoms with van der Waals surface area (Å²) in [7, 11) is 1.74. The molecule has 0 aliphatic rings. The van der Waals surface area contributed by atoms with Crippen LogP contribution in [-0.2, 0) is 0 Å². The Balaban J connectivity index is 2.49. The van der Waals surface area contributed by atoms with E-state index in [1.165, 1.54) is 12.1 Å². The van der Waals surface area contributed by atoms with Crippen LogP contribution in [0.15, 0.2) is 24.3 Å². The van der Waals surface area contributed by atoms with Gasteiger partial charge in [0.2, 0.25) is 5.28 Å². The van der Waals surface area contributed by atoms with Gasteiger partial charge >= 0.3 is 0 Å². The molecule has 0 amide bonds. The molecule has 6 heteroatoms. The number of rotatable bonds is 2. The first-order chi connectivity index (χ1) is 8.49. The van der Waals surface area contributed by atoms with E-state index in [9.17, 15) is 4.39 Å². The third-order valence-electron chi connectivity index (χ3n) is 2.60. The van der Waals surface area contributed by atoms with Crippen molar-refractivity contribution in [2.75, 3.05) is 17.7 Å². The van der Waals surface area contributed by atoms with Crippen molar-refractivity contribution in [2.24, 2.45) is 0 Å². The van der Waals surface area contributed by atoms with Crippen LogP contribution in [0.4, 0.5) is 21.6 Å². The van der Waals surface area contributed by atoms with Crippen molar-refractivity contribution in [1.82, 2.24) is 9.97 Å². The molecule has 18 heavy (non-hydrogen) atoms. The van der Waals surface area contributed by atoms with E-state index < -0.39 is 0 Å². The molecule has 0 saturated heterocycles. The van der Waals surface area contributed by atoms with E-state index >= 15 is 0 Å². The van der Waals surface area contributed by atoms with Crippen molar-refractivity contribution >= 4 is 28.8 Å². The molecule has 0 aliphatic heterocycles. The zero-order chi connectivity index (χ0) is 13.3. The van der Waals surface area contributed by atoms with E-state index in [0.29, 0.717) is 22.9 Å². The van der Waals surface area contributed by atoms with Crippen molar-refractivity contribution in [3.05, 3.63) is 41.1 Å². The maximum Gasteiger partial charge on any atom is 0.224 e. The number of nitrogens with zero attached hydrogens (tertiary/aromatic N) is 3. The third kappa shape index (κ3) is 2.36. The number of halogens is 2. The summed E-state index contributed by atoms with van der Waals surface area (Å²) in [6, 6.07) is 6.14. The number of hydrogen-bond donors (Lipinski definition) is 1. The van der Waals surface area contributed by atoms with E-state index in [1.54, 1.807) is 31.0 Å². The van der Waals surface area contributed by atoms with Crippen LogP contribution in [0.1, 0.15) is 5.69 Å². The predicted octanol–water partition coefficient (Wildman–Crippen LogP) is 2.93. The maximum absolute atomic E-state index is 13.2. The second-order valence-electron chi connectivity index (χ2n) is 3.85. The first-order valence-electron chi connectivity index (χ1n) is 5.28. The maximum atomic E-state index is 13.2. The predicted molar refractivity (Wildman–Crippen MR) is 70.7 cm³/mol. The average molecular weight is 267 g/mol.